The topological polar surface area (TPSA) is 38.2 Å². The van der Waals surface area contributed by atoms with Crippen LogP contribution in [0.5, 0.6) is 0 Å². The minimum absolute atomic E-state index is 0.200. The van der Waals surface area contributed by atoms with Crippen molar-refractivity contribution in [1.82, 2.24) is 9.97 Å². The first-order valence-electron chi connectivity index (χ1n) is 6.63. The molecule has 1 fully saturated rings. The molecule has 0 aliphatic carbocycles. The second kappa shape index (κ2) is 5.89. The summed E-state index contributed by atoms with van der Waals surface area (Å²) in [6.45, 7) is 4.18. The number of aryl methyl sites for hydroxylation is 1. The fourth-order valence-electron chi connectivity index (χ4n) is 2.44. The minimum Gasteiger partial charge on any atom is -0.377 e. The third-order valence-corrected chi connectivity index (χ3v) is 3.97. The Bertz CT molecular complexity index is 588. The predicted octanol–water partition coefficient (Wildman–Crippen LogP) is 3.13. The zero-order valence-electron chi connectivity index (χ0n) is 11.3. The largest absolute Gasteiger partial charge is 0.377 e. The van der Waals surface area contributed by atoms with Gasteiger partial charge in [0.15, 0.2) is 0 Å². The van der Waals surface area contributed by atoms with E-state index in [1.807, 2.05) is 19.2 Å². The molecule has 4 nitrogen and oxygen atoms in total. The molecule has 0 bridgehead atoms. The molecule has 1 atom stereocenters. The Morgan fingerprint density at radius 2 is 2.05 bits per heavy atom. The van der Waals surface area contributed by atoms with Gasteiger partial charge in [-0.25, -0.2) is 9.97 Å². The summed E-state index contributed by atoms with van der Waals surface area (Å²) in [5.41, 5.74) is 1.24. The molecule has 1 aliphatic rings. The predicted molar refractivity (Wildman–Crippen MR) is 81.8 cm³/mol. The van der Waals surface area contributed by atoms with E-state index in [4.69, 9.17) is 4.74 Å². The quantitative estimate of drug-likeness (QED) is 0.846. The maximum atomic E-state index is 5.65. The SMILES string of the molecule is Cc1nccc(N2CCOCC2c2ccc(Br)cc2)n1. The molecule has 1 unspecified atom stereocenters. The molecule has 1 saturated heterocycles. The molecule has 3 rings (SSSR count). The van der Waals surface area contributed by atoms with Crippen molar-refractivity contribution in [3.05, 3.63) is 52.4 Å². The Hall–Kier alpha value is -1.46. The van der Waals surface area contributed by atoms with Crippen LogP contribution in [0.25, 0.3) is 0 Å². The number of aromatic nitrogens is 2. The lowest BCUT2D eigenvalue weighted by atomic mass is 10.1. The van der Waals surface area contributed by atoms with Crippen molar-refractivity contribution < 1.29 is 4.74 Å². The van der Waals surface area contributed by atoms with Gasteiger partial charge in [0, 0.05) is 17.2 Å². The van der Waals surface area contributed by atoms with Gasteiger partial charge in [-0.1, -0.05) is 28.1 Å². The summed E-state index contributed by atoms with van der Waals surface area (Å²) in [5, 5.41) is 0. The molecule has 0 spiro atoms. The highest BCUT2D eigenvalue weighted by molar-refractivity contribution is 9.10. The molecular weight excluding hydrogens is 318 g/mol. The standard InChI is InChI=1S/C15H16BrN3O/c1-11-17-7-6-15(18-11)19-8-9-20-10-14(19)12-2-4-13(16)5-3-12/h2-7,14H,8-10H2,1H3. The van der Waals surface area contributed by atoms with Crippen molar-refractivity contribution in [3.63, 3.8) is 0 Å². The summed E-state index contributed by atoms with van der Waals surface area (Å²) in [6.07, 6.45) is 1.81. The Balaban J connectivity index is 1.93. The zero-order chi connectivity index (χ0) is 13.9. The molecule has 0 amide bonds. The third-order valence-electron chi connectivity index (χ3n) is 3.44. The van der Waals surface area contributed by atoms with Crippen LogP contribution in [0, 0.1) is 6.92 Å². The Morgan fingerprint density at radius 3 is 2.80 bits per heavy atom. The lowest BCUT2D eigenvalue weighted by Crippen LogP contribution is -2.40. The van der Waals surface area contributed by atoms with E-state index in [0.717, 1.165) is 29.3 Å². The number of anilines is 1. The van der Waals surface area contributed by atoms with E-state index >= 15 is 0 Å². The van der Waals surface area contributed by atoms with Gasteiger partial charge in [-0.15, -0.1) is 0 Å². The number of hydrogen-bond acceptors (Lipinski definition) is 4. The fourth-order valence-corrected chi connectivity index (χ4v) is 2.71. The van der Waals surface area contributed by atoms with Crippen molar-refractivity contribution >= 4 is 21.7 Å². The van der Waals surface area contributed by atoms with E-state index < -0.39 is 0 Å². The second-order valence-corrected chi connectivity index (χ2v) is 5.71. The fraction of sp³-hybridized carbons (Fsp3) is 0.333. The van der Waals surface area contributed by atoms with Gasteiger partial charge in [-0.05, 0) is 30.7 Å². The monoisotopic (exact) mass is 333 g/mol. The number of halogens is 1. The van der Waals surface area contributed by atoms with Gasteiger partial charge in [-0.3, -0.25) is 0 Å². The van der Waals surface area contributed by atoms with Gasteiger partial charge >= 0.3 is 0 Å². The average Bonchev–Trinajstić information content (AvgIpc) is 2.48. The Morgan fingerprint density at radius 1 is 1.25 bits per heavy atom. The number of morpholine rings is 1. The number of benzene rings is 1. The molecule has 0 radical (unpaired) electrons. The van der Waals surface area contributed by atoms with E-state index in [2.05, 4.69) is 55.1 Å². The lowest BCUT2D eigenvalue weighted by molar-refractivity contribution is 0.0937. The van der Waals surface area contributed by atoms with Gasteiger partial charge in [0.25, 0.3) is 0 Å². The van der Waals surface area contributed by atoms with E-state index in [0.29, 0.717) is 6.61 Å². The molecule has 5 heteroatoms. The third kappa shape index (κ3) is 2.83. The average molecular weight is 334 g/mol. The maximum Gasteiger partial charge on any atom is 0.132 e. The van der Waals surface area contributed by atoms with Crippen molar-refractivity contribution in [2.45, 2.75) is 13.0 Å². The lowest BCUT2D eigenvalue weighted by Gasteiger charge is -2.36. The summed E-state index contributed by atoms with van der Waals surface area (Å²) >= 11 is 3.47. The summed E-state index contributed by atoms with van der Waals surface area (Å²) in [6, 6.07) is 10.5. The smallest absolute Gasteiger partial charge is 0.132 e. The molecule has 20 heavy (non-hydrogen) atoms. The van der Waals surface area contributed by atoms with Crippen LogP contribution in [0.2, 0.25) is 0 Å². The van der Waals surface area contributed by atoms with Crippen LogP contribution in [-0.2, 0) is 4.74 Å². The first-order valence-corrected chi connectivity index (χ1v) is 7.43. The van der Waals surface area contributed by atoms with Crippen molar-refractivity contribution in [3.8, 4) is 0 Å². The normalized spacial score (nSPS) is 19.1. The number of ether oxygens (including phenoxy) is 1. The molecule has 2 heterocycles. The van der Waals surface area contributed by atoms with Crippen LogP contribution >= 0.6 is 15.9 Å². The zero-order valence-corrected chi connectivity index (χ0v) is 12.9. The number of rotatable bonds is 2. The Kier molecular flexibility index (Phi) is 3.98. The molecule has 1 aliphatic heterocycles. The van der Waals surface area contributed by atoms with Crippen LogP contribution < -0.4 is 4.90 Å². The number of nitrogens with zero attached hydrogens (tertiary/aromatic N) is 3. The van der Waals surface area contributed by atoms with Crippen molar-refractivity contribution in [2.75, 3.05) is 24.7 Å². The minimum atomic E-state index is 0.200. The van der Waals surface area contributed by atoms with Gasteiger partial charge < -0.3 is 9.64 Å². The van der Waals surface area contributed by atoms with Gasteiger partial charge in [0.2, 0.25) is 0 Å². The second-order valence-electron chi connectivity index (χ2n) is 4.80. The van der Waals surface area contributed by atoms with Crippen LogP contribution in [0.1, 0.15) is 17.4 Å². The summed E-state index contributed by atoms with van der Waals surface area (Å²) in [7, 11) is 0. The van der Waals surface area contributed by atoms with E-state index in [9.17, 15) is 0 Å². The van der Waals surface area contributed by atoms with Crippen LogP contribution in [0.15, 0.2) is 41.0 Å². The highest BCUT2D eigenvalue weighted by Crippen LogP contribution is 2.29. The molecule has 0 N–H and O–H groups in total. The highest BCUT2D eigenvalue weighted by Gasteiger charge is 2.25. The summed E-state index contributed by atoms with van der Waals surface area (Å²) < 4.78 is 6.74. The first kappa shape index (κ1) is 13.5. The van der Waals surface area contributed by atoms with E-state index in [1.54, 1.807) is 0 Å². The van der Waals surface area contributed by atoms with Crippen molar-refractivity contribution in [1.29, 1.82) is 0 Å². The molecule has 1 aromatic heterocycles. The van der Waals surface area contributed by atoms with E-state index in [1.165, 1.54) is 5.56 Å². The van der Waals surface area contributed by atoms with Crippen LogP contribution in [0.4, 0.5) is 5.82 Å². The van der Waals surface area contributed by atoms with Gasteiger partial charge in [0.1, 0.15) is 11.6 Å². The molecular formula is C15H16BrN3O. The summed E-state index contributed by atoms with van der Waals surface area (Å²) in [4.78, 5) is 11.0. The number of hydrogen-bond donors (Lipinski definition) is 0. The van der Waals surface area contributed by atoms with Crippen LogP contribution in [0.3, 0.4) is 0 Å². The van der Waals surface area contributed by atoms with Crippen molar-refractivity contribution in [2.24, 2.45) is 0 Å². The molecule has 104 valence electrons. The summed E-state index contributed by atoms with van der Waals surface area (Å²) in [5.74, 6) is 1.76. The molecule has 2 aromatic rings. The Labute approximate surface area is 126 Å². The van der Waals surface area contributed by atoms with E-state index in [-0.39, 0.29) is 6.04 Å². The first-order chi connectivity index (χ1) is 9.74. The molecule has 0 saturated carbocycles. The maximum absolute atomic E-state index is 5.65. The van der Waals surface area contributed by atoms with Crippen LogP contribution in [-0.4, -0.2) is 29.7 Å². The van der Waals surface area contributed by atoms with Gasteiger partial charge in [-0.2, -0.15) is 0 Å². The molecule has 1 aromatic carbocycles. The van der Waals surface area contributed by atoms with Gasteiger partial charge in [0.05, 0.1) is 19.3 Å². The highest BCUT2D eigenvalue weighted by atomic mass is 79.9.